The highest BCUT2D eigenvalue weighted by Gasteiger charge is 2.30. The van der Waals surface area contributed by atoms with Gasteiger partial charge in [0.05, 0.1) is 17.2 Å². The van der Waals surface area contributed by atoms with Crippen LogP contribution >= 0.6 is 0 Å². The predicted octanol–water partition coefficient (Wildman–Crippen LogP) is 1.93. The Morgan fingerprint density at radius 2 is 2.13 bits per heavy atom. The molecule has 4 heteroatoms. The van der Waals surface area contributed by atoms with Gasteiger partial charge in [-0.15, -0.1) is 0 Å². The second-order valence-corrected chi connectivity index (χ2v) is 4.08. The van der Waals surface area contributed by atoms with Gasteiger partial charge in [0.1, 0.15) is 0 Å². The Balaban J connectivity index is 2.59. The van der Waals surface area contributed by atoms with Crippen molar-refractivity contribution in [3.63, 3.8) is 0 Å². The first-order valence-corrected chi connectivity index (χ1v) is 4.67. The molecule has 4 nitrogen and oxygen atoms in total. The minimum atomic E-state index is -0.440. The van der Waals surface area contributed by atoms with Crippen molar-refractivity contribution in [3.8, 4) is 6.07 Å². The van der Waals surface area contributed by atoms with Crippen LogP contribution in [0.15, 0.2) is 18.2 Å². The molecule has 15 heavy (non-hydrogen) atoms. The number of urea groups is 1. The number of nitriles is 1. The average molecular weight is 201 g/mol. The molecule has 1 aliphatic rings. The fourth-order valence-electron chi connectivity index (χ4n) is 1.74. The molecule has 1 aromatic rings. The summed E-state index contributed by atoms with van der Waals surface area (Å²) in [6, 6.07) is 7.12. The van der Waals surface area contributed by atoms with Crippen LogP contribution < -0.4 is 10.6 Å². The van der Waals surface area contributed by atoms with Gasteiger partial charge in [-0.3, -0.25) is 0 Å². The van der Waals surface area contributed by atoms with Crippen LogP contribution in [0, 0.1) is 11.3 Å². The molecule has 0 aliphatic carbocycles. The van der Waals surface area contributed by atoms with Crippen molar-refractivity contribution in [1.29, 1.82) is 5.26 Å². The van der Waals surface area contributed by atoms with Crippen molar-refractivity contribution in [3.05, 3.63) is 29.3 Å². The van der Waals surface area contributed by atoms with Crippen molar-refractivity contribution in [2.75, 3.05) is 5.32 Å². The highest BCUT2D eigenvalue weighted by atomic mass is 16.2. The van der Waals surface area contributed by atoms with Gasteiger partial charge >= 0.3 is 6.03 Å². The molecule has 0 atom stereocenters. The Labute approximate surface area is 87.9 Å². The Bertz CT molecular complexity index is 471. The summed E-state index contributed by atoms with van der Waals surface area (Å²) in [5.41, 5.74) is 1.86. The lowest BCUT2D eigenvalue weighted by molar-refractivity contribution is 0.239. The third-order valence-corrected chi connectivity index (χ3v) is 2.50. The van der Waals surface area contributed by atoms with E-state index in [-0.39, 0.29) is 6.03 Å². The van der Waals surface area contributed by atoms with Gasteiger partial charge in [-0.2, -0.15) is 5.26 Å². The number of rotatable bonds is 0. The van der Waals surface area contributed by atoms with E-state index in [4.69, 9.17) is 5.26 Å². The molecule has 0 spiro atoms. The molecule has 1 aromatic carbocycles. The molecule has 0 radical (unpaired) electrons. The van der Waals surface area contributed by atoms with Crippen LogP contribution in [-0.4, -0.2) is 6.03 Å². The summed E-state index contributed by atoms with van der Waals surface area (Å²) in [6.45, 7) is 3.82. The van der Waals surface area contributed by atoms with Crippen molar-refractivity contribution in [2.24, 2.45) is 0 Å². The van der Waals surface area contributed by atoms with E-state index in [0.29, 0.717) is 5.56 Å². The predicted molar refractivity (Wildman–Crippen MR) is 56.3 cm³/mol. The van der Waals surface area contributed by atoms with Gasteiger partial charge in [0.2, 0.25) is 0 Å². The zero-order chi connectivity index (χ0) is 11.1. The van der Waals surface area contributed by atoms with Crippen molar-refractivity contribution < 1.29 is 4.79 Å². The van der Waals surface area contributed by atoms with Crippen molar-refractivity contribution >= 4 is 11.7 Å². The topological polar surface area (TPSA) is 64.9 Å². The largest absolute Gasteiger partial charge is 0.329 e. The summed E-state index contributed by atoms with van der Waals surface area (Å²) in [7, 11) is 0. The zero-order valence-corrected chi connectivity index (χ0v) is 8.59. The third-order valence-electron chi connectivity index (χ3n) is 2.50. The lowest BCUT2D eigenvalue weighted by Gasteiger charge is -2.33. The smallest absolute Gasteiger partial charge is 0.319 e. The third kappa shape index (κ3) is 1.52. The lowest BCUT2D eigenvalue weighted by atomic mass is 9.90. The Hall–Kier alpha value is -2.02. The highest BCUT2D eigenvalue weighted by molar-refractivity contribution is 5.93. The zero-order valence-electron chi connectivity index (χ0n) is 8.59. The number of nitrogens with zero attached hydrogens (tertiary/aromatic N) is 1. The molecule has 1 aliphatic heterocycles. The number of anilines is 1. The minimum Gasteiger partial charge on any atom is -0.329 e. The Morgan fingerprint density at radius 1 is 1.40 bits per heavy atom. The average Bonchev–Trinajstić information content (AvgIpc) is 2.16. The van der Waals surface area contributed by atoms with Gasteiger partial charge in [-0.25, -0.2) is 4.79 Å². The number of fused-ring (bicyclic) bond motifs is 1. The summed E-state index contributed by atoms with van der Waals surface area (Å²) >= 11 is 0. The second-order valence-electron chi connectivity index (χ2n) is 4.08. The first-order chi connectivity index (χ1) is 7.03. The van der Waals surface area contributed by atoms with E-state index in [2.05, 4.69) is 16.7 Å². The van der Waals surface area contributed by atoms with Crippen LogP contribution in [0.25, 0.3) is 0 Å². The van der Waals surface area contributed by atoms with Gasteiger partial charge in [-0.1, -0.05) is 0 Å². The van der Waals surface area contributed by atoms with Gasteiger partial charge in [0.25, 0.3) is 0 Å². The normalized spacial score (nSPS) is 17.0. The van der Waals surface area contributed by atoms with E-state index in [1.165, 1.54) is 0 Å². The summed E-state index contributed by atoms with van der Waals surface area (Å²) < 4.78 is 0. The number of hydrogen-bond acceptors (Lipinski definition) is 2. The second kappa shape index (κ2) is 2.99. The van der Waals surface area contributed by atoms with E-state index in [0.717, 1.165) is 11.3 Å². The molecule has 0 saturated carbocycles. The number of amides is 2. The molecule has 0 aromatic heterocycles. The first-order valence-electron chi connectivity index (χ1n) is 4.67. The standard InChI is InChI=1S/C11H11N3O/c1-11(2)8-5-7(6-12)3-4-9(8)13-10(15)14-11/h3-5H,1-2H3,(H2,13,14,15). The first kappa shape index (κ1) is 9.53. The van der Waals surface area contributed by atoms with Crippen molar-refractivity contribution in [1.82, 2.24) is 5.32 Å². The van der Waals surface area contributed by atoms with Crippen LogP contribution in [0.1, 0.15) is 25.0 Å². The quantitative estimate of drug-likeness (QED) is 0.673. The van der Waals surface area contributed by atoms with Crippen LogP contribution in [0.3, 0.4) is 0 Å². The van der Waals surface area contributed by atoms with Gasteiger partial charge in [-0.05, 0) is 32.0 Å². The number of nitrogens with one attached hydrogen (secondary N) is 2. The maximum Gasteiger partial charge on any atom is 0.319 e. The summed E-state index contributed by atoms with van der Waals surface area (Å²) in [5, 5.41) is 14.3. The Kier molecular flexibility index (Phi) is 1.90. The fourth-order valence-corrected chi connectivity index (χ4v) is 1.74. The minimum absolute atomic E-state index is 0.211. The maximum atomic E-state index is 11.3. The Morgan fingerprint density at radius 3 is 2.80 bits per heavy atom. The summed E-state index contributed by atoms with van der Waals surface area (Å²) in [4.78, 5) is 11.3. The number of hydrogen-bond donors (Lipinski definition) is 2. The van der Waals surface area contributed by atoms with Gasteiger partial charge < -0.3 is 10.6 Å². The number of benzene rings is 1. The van der Waals surface area contributed by atoms with E-state index in [9.17, 15) is 4.79 Å². The SMILES string of the molecule is CC1(C)NC(=O)Nc2ccc(C#N)cc21. The van der Waals surface area contributed by atoms with E-state index in [1.807, 2.05) is 13.8 Å². The molecule has 2 amide bonds. The molecule has 76 valence electrons. The molecule has 2 rings (SSSR count). The van der Waals surface area contributed by atoms with Gasteiger partial charge in [0, 0.05) is 11.3 Å². The van der Waals surface area contributed by atoms with Crippen LogP contribution in [0.4, 0.5) is 10.5 Å². The monoisotopic (exact) mass is 201 g/mol. The fraction of sp³-hybridized carbons (Fsp3) is 0.273. The van der Waals surface area contributed by atoms with Crippen LogP contribution in [0.5, 0.6) is 0 Å². The molecular formula is C11H11N3O. The maximum absolute atomic E-state index is 11.3. The highest BCUT2D eigenvalue weighted by Crippen LogP contribution is 2.31. The van der Waals surface area contributed by atoms with E-state index >= 15 is 0 Å². The lowest BCUT2D eigenvalue weighted by Crippen LogP contribution is -2.47. The molecule has 0 fully saturated rings. The van der Waals surface area contributed by atoms with E-state index in [1.54, 1.807) is 18.2 Å². The number of carbonyl (C=O) groups is 1. The molecule has 0 bridgehead atoms. The molecule has 2 N–H and O–H groups in total. The molecular weight excluding hydrogens is 190 g/mol. The van der Waals surface area contributed by atoms with E-state index < -0.39 is 5.54 Å². The molecule has 0 unspecified atom stereocenters. The van der Waals surface area contributed by atoms with Gasteiger partial charge in [0.15, 0.2) is 0 Å². The molecule has 0 saturated heterocycles. The van der Waals surface area contributed by atoms with Crippen LogP contribution in [-0.2, 0) is 5.54 Å². The number of carbonyl (C=O) groups excluding carboxylic acids is 1. The summed E-state index contributed by atoms with van der Waals surface area (Å²) in [5.74, 6) is 0. The summed E-state index contributed by atoms with van der Waals surface area (Å²) in [6.07, 6.45) is 0. The van der Waals surface area contributed by atoms with Crippen LogP contribution in [0.2, 0.25) is 0 Å². The molecule has 1 heterocycles. The van der Waals surface area contributed by atoms with Crippen molar-refractivity contribution in [2.45, 2.75) is 19.4 Å².